The van der Waals surface area contributed by atoms with E-state index in [1.807, 2.05) is 31.2 Å². The summed E-state index contributed by atoms with van der Waals surface area (Å²) in [5, 5.41) is 8.84. The fourth-order valence-corrected chi connectivity index (χ4v) is 3.79. The minimum absolute atomic E-state index is 0.121. The highest BCUT2D eigenvalue weighted by Gasteiger charge is 2.27. The zero-order valence-electron chi connectivity index (χ0n) is 12.9. The van der Waals surface area contributed by atoms with Gasteiger partial charge in [0.25, 0.3) is 5.09 Å². The number of hydrogen-bond donors (Lipinski definition) is 0. The molecule has 0 spiro atoms. The summed E-state index contributed by atoms with van der Waals surface area (Å²) in [5.74, 6) is -0.117. The van der Waals surface area contributed by atoms with Gasteiger partial charge in [0.15, 0.2) is 5.69 Å². The van der Waals surface area contributed by atoms with E-state index in [4.69, 9.17) is 4.42 Å². The van der Waals surface area contributed by atoms with Crippen molar-refractivity contribution in [2.75, 3.05) is 0 Å². The zero-order valence-corrected chi connectivity index (χ0v) is 13.7. The highest BCUT2D eigenvalue weighted by Crippen LogP contribution is 2.27. The third-order valence-electron chi connectivity index (χ3n) is 3.61. The van der Waals surface area contributed by atoms with Crippen molar-refractivity contribution >= 4 is 9.84 Å². The molecule has 1 aromatic heterocycles. The molecule has 0 aliphatic heterocycles. The topological polar surface area (TPSA) is 84.0 Å². The second-order valence-electron chi connectivity index (χ2n) is 5.32. The number of benzene rings is 2. The Morgan fingerprint density at radius 3 is 2.42 bits per heavy atom. The van der Waals surface area contributed by atoms with Gasteiger partial charge in [0.05, 0.1) is 5.75 Å². The van der Waals surface area contributed by atoms with E-state index in [9.17, 15) is 13.7 Å². The van der Waals surface area contributed by atoms with Crippen LogP contribution >= 0.6 is 0 Å². The monoisotopic (exact) mass is 338 g/mol. The van der Waals surface area contributed by atoms with E-state index in [-0.39, 0.29) is 22.4 Å². The molecule has 0 N–H and O–H groups in total. The van der Waals surface area contributed by atoms with Gasteiger partial charge >= 0.3 is 0 Å². The third-order valence-corrected chi connectivity index (χ3v) is 5.14. The minimum atomic E-state index is -3.82. The van der Waals surface area contributed by atoms with Gasteiger partial charge < -0.3 is 4.42 Å². The molecule has 1 heterocycles. The highest BCUT2D eigenvalue weighted by molar-refractivity contribution is 7.90. The van der Waals surface area contributed by atoms with Crippen molar-refractivity contribution in [2.24, 2.45) is 0 Å². The van der Waals surface area contributed by atoms with Gasteiger partial charge in [-0.15, -0.1) is 0 Å². The Bertz CT molecular complexity index is 1020. The number of hydrogen-bond acceptors (Lipinski definition) is 5. The summed E-state index contributed by atoms with van der Waals surface area (Å²) < 4.78 is 30.8. The number of aryl methyl sites for hydroxylation is 1. The predicted molar refractivity (Wildman–Crippen MR) is 88.7 cm³/mol. The van der Waals surface area contributed by atoms with Gasteiger partial charge in [-0.2, -0.15) is 10.2 Å². The van der Waals surface area contributed by atoms with Crippen molar-refractivity contribution in [3.05, 3.63) is 71.4 Å². The molecule has 0 unspecified atom stereocenters. The lowest BCUT2D eigenvalue weighted by molar-refractivity contribution is 0.457. The zero-order chi connectivity index (χ0) is 17.2. The molecule has 0 saturated carbocycles. The van der Waals surface area contributed by atoms with E-state index in [2.05, 4.69) is 4.98 Å². The van der Waals surface area contributed by atoms with Crippen LogP contribution in [0, 0.1) is 18.3 Å². The molecule has 0 aliphatic carbocycles. The van der Waals surface area contributed by atoms with Crippen molar-refractivity contribution in [3.8, 4) is 17.5 Å². The molecule has 0 bridgehead atoms. The van der Waals surface area contributed by atoms with E-state index in [0.717, 1.165) is 5.56 Å². The van der Waals surface area contributed by atoms with Crippen molar-refractivity contribution < 1.29 is 12.8 Å². The van der Waals surface area contributed by atoms with Crippen LogP contribution in [0.15, 0.2) is 64.1 Å². The highest BCUT2D eigenvalue weighted by atomic mass is 32.2. The average molecular weight is 338 g/mol. The fraction of sp³-hybridized carbons (Fsp3) is 0.111. The lowest BCUT2D eigenvalue weighted by atomic mass is 10.1. The fourth-order valence-electron chi connectivity index (χ4n) is 2.33. The molecule has 24 heavy (non-hydrogen) atoms. The molecule has 5 nitrogen and oxygen atoms in total. The average Bonchev–Trinajstić information content (AvgIpc) is 3.03. The van der Waals surface area contributed by atoms with E-state index < -0.39 is 9.84 Å². The summed E-state index contributed by atoms with van der Waals surface area (Å²) in [6, 6.07) is 17.9. The van der Waals surface area contributed by atoms with Gasteiger partial charge in [-0.1, -0.05) is 42.5 Å². The van der Waals surface area contributed by atoms with Crippen LogP contribution in [0.2, 0.25) is 0 Å². The molecule has 2 aromatic carbocycles. The standard InChI is InChI=1S/C18H14N2O3S/c1-13-7-5-6-10-15(13)12-24(21,22)18-16(11-19)20-17(23-18)14-8-3-2-4-9-14/h2-10H,12H2,1H3. The smallest absolute Gasteiger partial charge is 0.257 e. The van der Waals surface area contributed by atoms with Crippen LogP contribution in [-0.4, -0.2) is 13.4 Å². The Morgan fingerprint density at radius 2 is 1.75 bits per heavy atom. The maximum absolute atomic E-state index is 12.7. The van der Waals surface area contributed by atoms with Gasteiger partial charge in [0.1, 0.15) is 6.07 Å². The SMILES string of the molecule is Cc1ccccc1CS(=O)(=O)c1oc(-c2ccccc2)nc1C#N. The number of nitrogens with zero attached hydrogens (tertiary/aromatic N) is 2. The normalized spacial score (nSPS) is 11.2. The summed E-state index contributed by atoms with van der Waals surface area (Å²) in [4.78, 5) is 4.02. The quantitative estimate of drug-likeness (QED) is 0.727. The Hall–Kier alpha value is -2.91. The Balaban J connectivity index is 2.04. The van der Waals surface area contributed by atoms with Crippen LogP contribution in [-0.2, 0) is 15.6 Å². The largest absolute Gasteiger partial charge is 0.423 e. The number of rotatable bonds is 4. The second kappa shape index (κ2) is 6.30. The Kier molecular flexibility index (Phi) is 4.19. The first-order valence-electron chi connectivity index (χ1n) is 7.25. The molecular formula is C18H14N2O3S. The van der Waals surface area contributed by atoms with Gasteiger partial charge in [-0.25, -0.2) is 8.42 Å². The second-order valence-corrected chi connectivity index (χ2v) is 7.21. The lowest BCUT2D eigenvalue weighted by Crippen LogP contribution is -2.06. The van der Waals surface area contributed by atoms with E-state index >= 15 is 0 Å². The van der Waals surface area contributed by atoms with E-state index in [1.165, 1.54) is 0 Å². The van der Waals surface area contributed by atoms with Crippen LogP contribution in [0.5, 0.6) is 0 Å². The molecule has 0 fully saturated rings. The first kappa shape index (κ1) is 16.0. The Morgan fingerprint density at radius 1 is 1.08 bits per heavy atom. The van der Waals surface area contributed by atoms with Crippen molar-refractivity contribution in [1.82, 2.24) is 4.98 Å². The summed E-state index contributed by atoms with van der Waals surface area (Å²) in [6.45, 7) is 1.84. The summed E-state index contributed by atoms with van der Waals surface area (Å²) in [7, 11) is -3.82. The van der Waals surface area contributed by atoms with Crippen LogP contribution in [0.3, 0.4) is 0 Å². The first-order valence-corrected chi connectivity index (χ1v) is 8.90. The summed E-state index contributed by atoms with van der Waals surface area (Å²) in [5.41, 5.74) is 1.93. The van der Waals surface area contributed by atoms with Crippen LogP contribution in [0.4, 0.5) is 0 Å². The lowest BCUT2D eigenvalue weighted by Gasteiger charge is -2.05. The molecule has 3 rings (SSSR count). The molecule has 3 aromatic rings. The maximum atomic E-state index is 12.7. The molecular weight excluding hydrogens is 324 g/mol. The van der Waals surface area contributed by atoms with E-state index in [1.54, 1.807) is 36.4 Å². The molecule has 0 radical (unpaired) electrons. The number of oxazole rings is 1. The minimum Gasteiger partial charge on any atom is -0.423 e. The molecule has 120 valence electrons. The number of aromatic nitrogens is 1. The van der Waals surface area contributed by atoms with Crippen molar-refractivity contribution in [3.63, 3.8) is 0 Å². The predicted octanol–water partition coefficient (Wildman–Crippen LogP) is 3.50. The van der Waals surface area contributed by atoms with E-state index in [0.29, 0.717) is 11.1 Å². The summed E-state index contributed by atoms with van der Waals surface area (Å²) in [6.07, 6.45) is 0. The van der Waals surface area contributed by atoms with Crippen LogP contribution in [0.1, 0.15) is 16.8 Å². The van der Waals surface area contributed by atoms with Crippen molar-refractivity contribution in [1.29, 1.82) is 5.26 Å². The number of nitriles is 1. The Labute approximate surface area is 140 Å². The van der Waals surface area contributed by atoms with Gasteiger partial charge in [0.2, 0.25) is 15.7 Å². The van der Waals surface area contributed by atoms with Gasteiger partial charge in [-0.3, -0.25) is 0 Å². The molecule has 6 heteroatoms. The van der Waals surface area contributed by atoms with Crippen LogP contribution < -0.4 is 0 Å². The third kappa shape index (κ3) is 3.07. The molecule has 0 aliphatic rings. The van der Waals surface area contributed by atoms with Gasteiger partial charge in [0, 0.05) is 5.56 Å². The van der Waals surface area contributed by atoms with Gasteiger partial charge in [-0.05, 0) is 30.2 Å². The van der Waals surface area contributed by atoms with Crippen LogP contribution in [0.25, 0.3) is 11.5 Å². The summed E-state index contributed by atoms with van der Waals surface area (Å²) >= 11 is 0. The molecule has 0 atom stereocenters. The number of sulfone groups is 1. The van der Waals surface area contributed by atoms with Crippen molar-refractivity contribution in [2.45, 2.75) is 17.8 Å². The molecule has 0 saturated heterocycles. The first-order chi connectivity index (χ1) is 11.5. The molecule has 0 amide bonds. The maximum Gasteiger partial charge on any atom is 0.257 e.